The number of hydrazone groups is 1. The van der Waals surface area contributed by atoms with Crippen LogP contribution in [0.5, 0.6) is 0 Å². The van der Waals surface area contributed by atoms with Crippen molar-refractivity contribution in [3.8, 4) is 11.3 Å². The number of carbonyl (C=O) groups excluding carboxylic acids is 1. The van der Waals surface area contributed by atoms with E-state index in [-0.39, 0.29) is 5.91 Å². The van der Waals surface area contributed by atoms with Gasteiger partial charge in [0.1, 0.15) is 11.5 Å². The van der Waals surface area contributed by atoms with Crippen LogP contribution in [0.3, 0.4) is 0 Å². The number of nitrogens with one attached hydrogen (secondary N) is 1. The third-order valence-corrected chi connectivity index (χ3v) is 3.96. The molecule has 1 heterocycles. The van der Waals surface area contributed by atoms with E-state index in [1.807, 2.05) is 12.1 Å². The third kappa shape index (κ3) is 3.85. The summed E-state index contributed by atoms with van der Waals surface area (Å²) in [6, 6.07) is 17.6. The van der Waals surface area contributed by atoms with Gasteiger partial charge in [-0.25, -0.2) is 5.43 Å². The third-order valence-electron chi connectivity index (χ3n) is 3.22. The summed E-state index contributed by atoms with van der Waals surface area (Å²) in [6.07, 6.45) is 1.43. The normalized spacial score (nSPS) is 10.9. The van der Waals surface area contributed by atoms with Gasteiger partial charge in [0, 0.05) is 11.1 Å². The molecule has 3 rings (SSSR count). The number of amides is 1. The van der Waals surface area contributed by atoms with E-state index in [2.05, 4.69) is 10.5 Å². The van der Waals surface area contributed by atoms with Gasteiger partial charge in [0.2, 0.25) is 0 Å². The van der Waals surface area contributed by atoms with E-state index in [1.54, 1.807) is 48.5 Å². The van der Waals surface area contributed by atoms with Gasteiger partial charge in [-0.15, -0.1) is 0 Å². The minimum Gasteiger partial charge on any atom is -0.455 e. The lowest BCUT2D eigenvalue weighted by atomic mass is 10.2. The highest BCUT2D eigenvalue weighted by Crippen LogP contribution is 2.29. The molecule has 0 fully saturated rings. The molecule has 24 heavy (non-hydrogen) atoms. The van der Waals surface area contributed by atoms with Crippen molar-refractivity contribution < 1.29 is 9.21 Å². The first kappa shape index (κ1) is 16.3. The minimum atomic E-state index is -0.289. The lowest BCUT2D eigenvalue weighted by molar-refractivity contribution is 0.0955. The van der Waals surface area contributed by atoms with Gasteiger partial charge in [-0.2, -0.15) is 5.10 Å². The number of hydrogen-bond donors (Lipinski definition) is 1. The van der Waals surface area contributed by atoms with Crippen LogP contribution in [0.25, 0.3) is 11.3 Å². The monoisotopic (exact) mass is 358 g/mol. The number of carbonyl (C=O) groups is 1. The van der Waals surface area contributed by atoms with Crippen molar-refractivity contribution in [1.29, 1.82) is 0 Å². The zero-order chi connectivity index (χ0) is 16.9. The Labute approximate surface area is 148 Å². The van der Waals surface area contributed by atoms with Crippen molar-refractivity contribution in [1.82, 2.24) is 5.43 Å². The topological polar surface area (TPSA) is 54.6 Å². The molecule has 0 aliphatic carbocycles. The number of nitrogens with zero attached hydrogens (tertiary/aromatic N) is 1. The number of benzene rings is 2. The van der Waals surface area contributed by atoms with Crippen molar-refractivity contribution in [3.63, 3.8) is 0 Å². The fraction of sp³-hybridized carbons (Fsp3) is 0. The van der Waals surface area contributed by atoms with Gasteiger partial charge < -0.3 is 4.42 Å². The van der Waals surface area contributed by atoms with E-state index in [4.69, 9.17) is 27.6 Å². The molecule has 0 spiro atoms. The molecule has 0 radical (unpaired) electrons. The number of furan rings is 1. The van der Waals surface area contributed by atoms with Gasteiger partial charge in [0.15, 0.2) is 0 Å². The van der Waals surface area contributed by atoms with Gasteiger partial charge >= 0.3 is 0 Å². The van der Waals surface area contributed by atoms with Crippen LogP contribution in [0.1, 0.15) is 16.1 Å². The molecule has 3 aromatic rings. The van der Waals surface area contributed by atoms with Crippen LogP contribution >= 0.6 is 23.2 Å². The number of halogens is 2. The van der Waals surface area contributed by atoms with Crippen molar-refractivity contribution in [2.24, 2.45) is 5.10 Å². The Kier molecular flexibility index (Phi) is 4.99. The Balaban J connectivity index is 1.67. The molecule has 1 amide bonds. The van der Waals surface area contributed by atoms with Crippen LogP contribution in [0.15, 0.2) is 70.2 Å². The Hall–Kier alpha value is -2.56. The summed E-state index contributed by atoms with van der Waals surface area (Å²) >= 11 is 11.9. The first-order valence-electron chi connectivity index (χ1n) is 7.07. The highest BCUT2D eigenvalue weighted by molar-refractivity contribution is 6.42. The summed E-state index contributed by atoms with van der Waals surface area (Å²) < 4.78 is 5.65. The molecule has 120 valence electrons. The highest BCUT2D eigenvalue weighted by Gasteiger charge is 2.07. The highest BCUT2D eigenvalue weighted by atomic mass is 35.5. The predicted molar refractivity (Wildman–Crippen MR) is 95.7 cm³/mol. The van der Waals surface area contributed by atoms with E-state index in [1.165, 1.54) is 6.21 Å². The molecule has 1 aromatic heterocycles. The number of hydrogen-bond acceptors (Lipinski definition) is 3. The van der Waals surface area contributed by atoms with E-state index in [0.29, 0.717) is 27.1 Å². The fourth-order valence-corrected chi connectivity index (χ4v) is 2.33. The average molecular weight is 359 g/mol. The summed E-state index contributed by atoms with van der Waals surface area (Å²) in [4.78, 5) is 11.8. The minimum absolute atomic E-state index is 0.289. The first-order chi connectivity index (χ1) is 11.6. The summed E-state index contributed by atoms with van der Waals surface area (Å²) in [5.74, 6) is 0.844. The molecule has 0 aliphatic rings. The van der Waals surface area contributed by atoms with E-state index in [0.717, 1.165) is 5.56 Å². The van der Waals surface area contributed by atoms with Crippen LogP contribution in [-0.2, 0) is 0 Å². The second kappa shape index (κ2) is 7.34. The first-order valence-corrected chi connectivity index (χ1v) is 7.83. The molecule has 0 unspecified atom stereocenters. The van der Waals surface area contributed by atoms with Gasteiger partial charge in [0.25, 0.3) is 5.91 Å². The molecule has 2 aromatic carbocycles. The van der Waals surface area contributed by atoms with Crippen molar-refractivity contribution >= 4 is 35.3 Å². The maximum atomic E-state index is 11.8. The zero-order valence-electron chi connectivity index (χ0n) is 12.4. The summed E-state index contributed by atoms with van der Waals surface area (Å²) in [6.45, 7) is 0. The van der Waals surface area contributed by atoms with Gasteiger partial charge in [-0.3, -0.25) is 4.79 Å². The molecule has 1 N–H and O–H groups in total. The molecule has 0 saturated carbocycles. The Morgan fingerprint density at radius 1 is 1.00 bits per heavy atom. The molecule has 6 heteroatoms. The van der Waals surface area contributed by atoms with E-state index >= 15 is 0 Å². The lowest BCUT2D eigenvalue weighted by Gasteiger charge is -1.99. The number of rotatable bonds is 4. The van der Waals surface area contributed by atoms with E-state index in [9.17, 15) is 4.79 Å². The molecule has 0 atom stereocenters. The smallest absolute Gasteiger partial charge is 0.271 e. The Bertz CT molecular complexity index is 889. The maximum Gasteiger partial charge on any atom is 0.271 e. The van der Waals surface area contributed by atoms with Gasteiger partial charge in [0.05, 0.1) is 16.3 Å². The summed E-state index contributed by atoms with van der Waals surface area (Å²) in [5.41, 5.74) is 3.78. The second-order valence-corrected chi connectivity index (χ2v) is 5.71. The zero-order valence-corrected chi connectivity index (χ0v) is 13.9. The average Bonchev–Trinajstić information content (AvgIpc) is 3.07. The van der Waals surface area contributed by atoms with Crippen molar-refractivity contribution in [2.45, 2.75) is 0 Å². The van der Waals surface area contributed by atoms with Crippen LogP contribution in [0.4, 0.5) is 0 Å². The van der Waals surface area contributed by atoms with Crippen molar-refractivity contribution in [2.75, 3.05) is 0 Å². The largest absolute Gasteiger partial charge is 0.455 e. The summed E-state index contributed by atoms with van der Waals surface area (Å²) in [7, 11) is 0. The lowest BCUT2D eigenvalue weighted by Crippen LogP contribution is -2.17. The van der Waals surface area contributed by atoms with Crippen LogP contribution < -0.4 is 5.43 Å². The van der Waals surface area contributed by atoms with Crippen molar-refractivity contribution in [3.05, 3.63) is 82.0 Å². The second-order valence-electron chi connectivity index (χ2n) is 4.90. The maximum absolute atomic E-state index is 11.8. The molecule has 4 nitrogen and oxygen atoms in total. The molecule has 0 bridgehead atoms. The molecule has 0 saturated heterocycles. The van der Waals surface area contributed by atoms with Crippen LogP contribution in [-0.4, -0.2) is 12.1 Å². The SMILES string of the molecule is O=C(NN=Cc1ccc(-c2ccc(Cl)c(Cl)c2)o1)c1ccccc1. The molecular weight excluding hydrogens is 347 g/mol. The van der Waals surface area contributed by atoms with E-state index < -0.39 is 0 Å². The molecular formula is C18H12Cl2N2O2. The standard InChI is InChI=1S/C18H12Cl2N2O2/c19-15-8-6-13(10-16(15)20)17-9-7-14(24-17)11-21-22-18(23)12-4-2-1-3-5-12/h1-11H,(H,22,23). The Morgan fingerprint density at radius 2 is 1.79 bits per heavy atom. The van der Waals surface area contributed by atoms with Gasteiger partial charge in [-0.05, 0) is 42.5 Å². The van der Waals surface area contributed by atoms with Crippen LogP contribution in [0, 0.1) is 0 Å². The van der Waals surface area contributed by atoms with Crippen LogP contribution in [0.2, 0.25) is 10.0 Å². The quantitative estimate of drug-likeness (QED) is 0.525. The predicted octanol–water partition coefficient (Wildman–Crippen LogP) is 5.02. The van der Waals surface area contributed by atoms with Gasteiger partial charge in [-0.1, -0.05) is 41.4 Å². The summed E-state index contributed by atoms with van der Waals surface area (Å²) in [5, 5.41) is 4.83. The Morgan fingerprint density at radius 3 is 2.54 bits per heavy atom. The molecule has 0 aliphatic heterocycles. The fourth-order valence-electron chi connectivity index (χ4n) is 2.04.